The number of amides is 1. The van der Waals surface area contributed by atoms with Crippen LogP contribution in [0, 0.1) is 10.1 Å². The van der Waals surface area contributed by atoms with Crippen molar-refractivity contribution in [3.05, 3.63) is 32.8 Å². The molecule has 8 nitrogen and oxygen atoms in total. The number of hydrogen-bond donors (Lipinski definition) is 1. The van der Waals surface area contributed by atoms with E-state index in [9.17, 15) is 19.7 Å². The summed E-state index contributed by atoms with van der Waals surface area (Å²) >= 11 is 5.86. The Balaban J connectivity index is 3.30. The summed E-state index contributed by atoms with van der Waals surface area (Å²) in [4.78, 5) is 32.8. The third kappa shape index (κ3) is 4.60. The third-order valence-electron chi connectivity index (χ3n) is 2.07. The van der Waals surface area contributed by atoms with Gasteiger partial charge in [-0.1, -0.05) is 11.6 Å². The molecule has 0 saturated carbocycles. The molecular weight excluding hydrogens is 304 g/mol. The number of carbonyl (C=O) groups is 2. The van der Waals surface area contributed by atoms with Gasteiger partial charge in [0.15, 0.2) is 0 Å². The lowest BCUT2D eigenvalue weighted by Gasteiger charge is -2.19. The Kier molecular flexibility index (Phi) is 4.74. The maximum Gasteiger partial charge on any atom is 0.410 e. The zero-order chi connectivity index (χ0) is 16.4. The van der Waals surface area contributed by atoms with E-state index in [1.807, 2.05) is 0 Å². The Bertz CT molecular complexity index is 609. The molecule has 0 radical (unpaired) electrons. The molecule has 0 saturated heterocycles. The molecule has 0 aromatic heterocycles. The number of esters is 1. The van der Waals surface area contributed by atoms with Crippen LogP contribution < -0.4 is 10.5 Å². The summed E-state index contributed by atoms with van der Waals surface area (Å²) in [5.74, 6) is -1.29. The molecule has 0 spiro atoms. The highest BCUT2D eigenvalue weighted by atomic mass is 35.5. The second kappa shape index (κ2) is 5.96. The molecule has 1 rings (SSSR count). The first-order chi connectivity index (χ1) is 9.51. The molecule has 0 aliphatic rings. The minimum absolute atomic E-state index is 0.161. The molecule has 114 valence electrons. The van der Waals surface area contributed by atoms with E-state index in [4.69, 9.17) is 22.1 Å². The number of nitro groups is 1. The van der Waals surface area contributed by atoms with Gasteiger partial charge >= 0.3 is 17.7 Å². The molecule has 1 amide bonds. The van der Waals surface area contributed by atoms with E-state index in [0.717, 1.165) is 12.1 Å². The van der Waals surface area contributed by atoms with Gasteiger partial charge in [0, 0.05) is 12.1 Å². The molecule has 0 bridgehead atoms. The highest BCUT2D eigenvalue weighted by Crippen LogP contribution is 2.34. The van der Waals surface area contributed by atoms with E-state index in [-0.39, 0.29) is 10.6 Å². The Morgan fingerprint density at radius 3 is 2.33 bits per heavy atom. The Morgan fingerprint density at radius 1 is 1.33 bits per heavy atom. The molecule has 2 N–H and O–H groups in total. The predicted octanol–water partition coefficient (Wildman–Crippen LogP) is 2.66. The number of primary amides is 1. The fourth-order valence-corrected chi connectivity index (χ4v) is 1.60. The van der Waals surface area contributed by atoms with Crippen LogP contribution in [-0.2, 0) is 4.74 Å². The molecule has 0 atom stereocenters. The van der Waals surface area contributed by atoms with Crippen molar-refractivity contribution in [3.8, 4) is 5.75 Å². The van der Waals surface area contributed by atoms with Crippen molar-refractivity contribution < 1.29 is 24.0 Å². The van der Waals surface area contributed by atoms with Crippen LogP contribution in [0.1, 0.15) is 31.1 Å². The topological polar surface area (TPSA) is 122 Å². The number of halogens is 1. The normalized spacial score (nSPS) is 10.9. The van der Waals surface area contributed by atoms with E-state index < -0.39 is 34.0 Å². The van der Waals surface area contributed by atoms with Crippen LogP contribution in [0.2, 0.25) is 5.02 Å². The highest BCUT2D eigenvalue weighted by Gasteiger charge is 2.26. The van der Waals surface area contributed by atoms with Gasteiger partial charge in [0.25, 0.3) is 0 Å². The molecule has 1 aromatic rings. The Morgan fingerprint density at radius 2 is 1.90 bits per heavy atom. The van der Waals surface area contributed by atoms with Crippen molar-refractivity contribution >= 4 is 29.4 Å². The molecule has 0 aliphatic heterocycles. The average Bonchev–Trinajstić information content (AvgIpc) is 2.24. The summed E-state index contributed by atoms with van der Waals surface area (Å²) in [5, 5.41) is 10.8. The van der Waals surface area contributed by atoms with Crippen LogP contribution >= 0.6 is 11.6 Å². The standard InChI is InChI=1S/C12H13ClN2O6/c1-12(2,3)21-10(16)6-4-8(15(18)19)9(5-7(6)13)20-11(14)17/h4-5H,1-3H3,(H2,14,17). The fourth-order valence-electron chi connectivity index (χ4n) is 1.37. The highest BCUT2D eigenvalue weighted by molar-refractivity contribution is 6.33. The molecule has 0 aliphatic carbocycles. The van der Waals surface area contributed by atoms with E-state index in [0.29, 0.717) is 0 Å². The van der Waals surface area contributed by atoms with Gasteiger partial charge in [-0.15, -0.1) is 0 Å². The van der Waals surface area contributed by atoms with Gasteiger partial charge in [-0.05, 0) is 20.8 Å². The van der Waals surface area contributed by atoms with Crippen molar-refractivity contribution in [1.29, 1.82) is 0 Å². The number of hydrogen-bond acceptors (Lipinski definition) is 6. The van der Waals surface area contributed by atoms with Crippen molar-refractivity contribution in [1.82, 2.24) is 0 Å². The number of nitrogens with zero attached hydrogens (tertiary/aromatic N) is 1. The van der Waals surface area contributed by atoms with Crippen LogP contribution in [0.5, 0.6) is 5.75 Å². The maximum atomic E-state index is 11.9. The van der Waals surface area contributed by atoms with Crippen LogP contribution in [0.25, 0.3) is 0 Å². The molecule has 1 aromatic carbocycles. The second-order valence-corrected chi connectivity index (χ2v) is 5.39. The van der Waals surface area contributed by atoms with Gasteiger partial charge in [-0.3, -0.25) is 10.1 Å². The van der Waals surface area contributed by atoms with Crippen molar-refractivity contribution in [2.75, 3.05) is 0 Å². The fraction of sp³-hybridized carbons (Fsp3) is 0.333. The van der Waals surface area contributed by atoms with Crippen LogP contribution in [0.3, 0.4) is 0 Å². The summed E-state index contributed by atoms with van der Waals surface area (Å²) in [6, 6.07) is 1.83. The monoisotopic (exact) mass is 316 g/mol. The zero-order valence-corrected chi connectivity index (χ0v) is 12.3. The van der Waals surface area contributed by atoms with Crippen molar-refractivity contribution in [3.63, 3.8) is 0 Å². The van der Waals surface area contributed by atoms with E-state index in [1.165, 1.54) is 0 Å². The number of benzene rings is 1. The van der Waals surface area contributed by atoms with Crippen LogP contribution in [0.4, 0.5) is 10.5 Å². The average molecular weight is 317 g/mol. The first-order valence-electron chi connectivity index (χ1n) is 5.70. The molecule has 0 unspecified atom stereocenters. The smallest absolute Gasteiger partial charge is 0.410 e. The number of rotatable bonds is 3. The maximum absolute atomic E-state index is 11.9. The first-order valence-corrected chi connectivity index (χ1v) is 6.07. The predicted molar refractivity (Wildman–Crippen MR) is 73.5 cm³/mol. The van der Waals surface area contributed by atoms with Gasteiger partial charge in [-0.25, -0.2) is 9.59 Å². The summed E-state index contributed by atoms with van der Waals surface area (Å²) in [7, 11) is 0. The van der Waals surface area contributed by atoms with Gasteiger partial charge in [0.05, 0.1) is 15.5 Å². The largest absolute Gasteiger partial charge is 0.456 e. The number of ether oxygens (including phenoxy) is 2. The summed E-state index contributed by atoms with van der Waals surface area (Å²) < 4.78 is 9.57. The molecule has 0 heterocycles. The lowest BCUT2D eigenvalue weighted by Crippen LogP contribution is -2.24. The van der Waals surface area contributed by atoms with Gasteiger partial charge in [0.2, 0.25) is 5.75 Å². The van der Waals surface area contributed by atoms with Crippen molar-refractivity contribution in [2.24, 2.45) is 5.73 Å². The SMILES string of the molecule is CC(C)(C)OC(=O)c1cc([N+](=O)[O-])c(OC(N)=O)cc1Cl. The quantitative estimate of drug-likeness (QED) is 0.519. The Hall–Kier alpha value is -2.35. The summed E-state index contributed by atoms with van der Waals surface area (Å²) in [6.45, 7) is 4.91. The van der Waals surface area contributed by atoms with Crippen LogP contribution in [-0.4, -0.2) is 22.6 Å². The van der Waals surface area contributed by atoms with Gasteiger partial charge in [-0.2, -0.15) is 0 Å². The molecule has 9 heteroatoms. The summed E-state index contributed by atoms with van der Waals surface area (Å²) in [6.07, 6.45) is -1.24. The van der Waals surface area contributed by atoms with Gasteiger partial charge in [0.1, 0.15) is 5.60 Å². The number of nitro benzene ring substituents is 1. The van der Waals surface area contributed by atoms with E-state index in [1.54, 1.807) is 20.8 Å². The molecule has 21 heavy (non-hydrogen) atoms. The number of nitrogens with two attached hydrogens (primary N) is 1. The molecular formula is C12H13ClN2O6. The molecule has 0 fully saturated rings. The van der Waals surface area contributed by atoms with Crippen molar-refractivity contribution in [2.45, 2.75) is 26.4 Å². The third-order valence-corrected chi connectivity index (χ3v) is 2.39. The lowest BCUT2D eigenvalue weighted by molar-refractivity contribution is -0.385. The van der Waals surface area contributed by atoms with Crippen LogP contribution in [0.15, 0.2) is 12.1 Å². The number of carbonyl (C=O) groups excluding carboxylic acids is 2. The summed E-state index contributed by atoms with van der Waals surface area (Å²) in [5.41, 5.74) is 3.17. The minimum atomic E-state index is -1.24. The zero-order valence-electron chi connectivity index (χ0n) is 11.5. The van der Waals surface area contributed by atoms with Gasteiger partial charge < -0.3 is 15.2 Å². The van der Waals surface area contributed by atoms with E-state index >= 15 is 0 Å². The minimum Gasteiger partial charge on any atom is -0.456 e. The lowest BCUT2D eigenvalue weighted by atomic mass is 10.1. The second-order valence-electron chi connectivity index (χ2n) is 4.98. The first kappa shape index (κ1) is 16.7. The van der Waals surface area contributed by atoms with E-state index in [2.05, 4.69) is 4.74 Å². The Labute approximate surface area is 124 Å².